The molecule has 0 heterocycles. The number of alkyl halides is 1. The summed E-state index contributed by atoms with van der Waals surface area (Å²) in [5, 5.41) is 0. The Morgan fingerprint density at radius 1 is 0.609 bits per heavy atom. The molecule has 0 fully saturated rings. The lowest BCUT2D eigenvalue weighted by atomic mass is 9.85. The van der Waals surface area contributed by atoms with E-state index in [4.69, 9.17) is 0 Å². The predicted octanol–water partition coefficient (Wildman–Crippen LogP) is 5.52. The highest BCUT2D eigenvalue weighted by Crippen LogP contribution is 2.34. The van der Waals surface area contributed by atoms with E-state index in [1.165, 1.54) is 0 Å². The first-order valence-electron chi connectivity index (χ1n) is 7.60. The fourth-order valence-corrected chi connectivity index (χ4v) is 3.31. The minimum absolute atomic E-state index is 0.147. The maximum Gasteiger partial charge on any atom is 0.162 e. The van der Waals surface area contributed by atoms with E-state index < -0.39 is 0 Å². The summed E-state index contributed by atoms with van der Waals surface area (Å²) in [6.07, 6.45) is 0. The van der Waals surface area contributed by atoms with Crippen LogP contribution in [-0.4, -0.2) is 5.78 Å². The molecule has 0 radical (unpaired) electrons. The molecule has 0 aliphatic heterocycles. The summed E-state index contributed by atoms with van der Waals surface area (Å²) < 4.78 is 0. The van der Waals surface area contributed by atoms with Gasteiger partial charge in [-0.25, -0.2) is 0 Å². The van der Waals surface area contributed by atoms with Crippen molar-refractivity contribution in [2.75, 3.05) is 0 Å². The second-order valence-corrected chi connectivity index (χ2v) is 6.35. The van der Waals surface area contributed by atoms with E-state index in [1.807, 2.05) is 91.0 Å². The van der Waals surface area contributed by atoms with Crippen LogP contribution < -0.4 is 0 Å². The van der Waals surface area contributed by atoms with Gasteiger partial charge >= 0.3 is 0 Å². The highest BCUT2D eigenvalue weighted by Gasteiger charge is 2.28. The van der Waals surface area contributed by atoms with Gasteiger partial charge in [0.15, 0.2) is 5.78 Å². The van der Waals surface area contributed by atoms with Crippen molar-refractivity contribution in [3.8, 4) is 0 Å². The number of hydrogen-bond acceptors (Lipinski definition) is 1. The molecular formula is C21H17BrO. The largest absolute Gasteiger partial charge is 0.297 e. The Labute approximate surface area is 145 Å². The van der Waals surface area contributed by atoms with Crippen LogP contribution >= 0.6 is 15.9 Å². The summed E-state index contributed by atoms with van der Waals surface area (Å²) in [7, 11) is 0. The average Bonchev–Trinajstić information content (AvgIpc) is 2.64. The summed E-state index contributed by atoms with van der Waals surface area (Å²) in [6.45, 7) is 0. The predicted molar refractivity (Wildman–Crippen MR) is 97.8 cm³/mol. The third-order valence-electron chi connectivity index (χ3n) is 3.89. The second kappa shape index (κ2) is 7.38. The van der Waals surface area contributed by atoms with Crippen LogP contribution in [0.15, 0.2) is 91.0 Å². The third kappa shape index (κ3) is 3.59. The molecule has 0 saturated heterocycles. The topological polar surface area (TPSA) is 17.1 Å². The first-order chi connectivity index (χ1) is 11.3. The number of rotatable bonds is 5. The first kappa shape index (κ1) is 15.7. The monoisotopic (exact) mass is 364 g/mol. The number of ketones is 1. The number of hydrogen-bond donors (Lipinski definition) is 0. The Balaban J connectivity index is 2.00. The molecule has 0 bridgehead atoms. The van der Waals surface area contributed by atoms with Gasteiger partial charge in [-0.05, 0) is 16.7 Å². The van der Waals surface area contributed by atoms with Crippen LogP contribution in [-0.2, 0) is 4.79 Å². The Hall–Kier alpha value is -2.19. The quantitative estimate of drug-likeness (QED) is 0.544. The van der Waals surface area contributed by atoms with E-state index in [-0.39, 0.29) is 16.5 Å². The van der Waals surface area contributed by atoms with Crippen molar-refractivity contribution in [1.82, 2.24) is 0 Å². The smallest absolute Gasteiger partial charge is 0.162 e. The molecular weight excluding hydrogens is 348 g/mol. The van der Waals surface area contributed by atoms with Crippen LogP contribution in [0.3, 0.4) is 0 Å². The lowest BCUT2D eigenvalue weighted by Crippen LogP contribution is -2.18. The second-order valence-electron chi connectivity index (χ2n) is 5.43. The first-order valence-corrected chi connectivity index (χ1v) is 8.51. The fourth-order valence-electron chi connectivity index (χ4n) is 2.74. The molecule has 0 N–H and O–H groups in total. The molecule has 3 rings (SSSR count). The zero-order valence-corrected chi connectivity index (χ0v) is 14.2. The maximum absolute atomic E-state index is 13.2. The molecule has 114 valence electrons. The molecule has 1 atom stereocenters. The minimum atomic E-state index is -0.325. The van der Waals surface area contributed by atoms with Gasteiger partial charge in [-0.1, -0.05) is 107 Å². The molecule has 0 aliphatic carbocycles. The number of carbonyl (C=O) groups is 1. The van der Waals surface area contributed by atoms with Gasteiger partial charge in [0.2, 0.25) is 0 Å². The van der Waals surface area contributed by atoms with Crippen LogP contribution in [0.25, 0.3) is 0 Å². The summed E-state index contributed by atoms with van der Waals surface area (Å²) in [6, 6.07) is 29.7. The maximum atomic E-state index is 13.2. The van der Waals surface area contributed by atoms with E-state index in [0.717, 1.165) is 16.7 Å². The average molecular weight is 365 g/mol. The fraction of sp³-hybridized carbons (Fsp3) is 0.0952. The van der Waals surface area contributed by atoms with Crippen LogP contribution in [0.2, 0.25) is 0 Å². The Morgan fingerprint density at radius 2 is 0.957 bits per heavy atom. The molecule has 3 aromatic rings. The Kier molecular flexibility index (Phi) is 5.04. The van der Waals surface area contributed by atoms with Crippen LogP contribution in [0.5, 0.6) is 0 Å². The number of halogens is 1. The summed E-state index contributed by atoms with van der Waals surface area (Å²) in [5.41, 5.74) is 3.02. The van der Waals surface area contributed by atoms with E-state index in [0.29, 0.717) is 0 Å². The molecule has 0 saturated carbocycles. The Bertz CT molecular complexity index is 714. The summed E-state index contributed by atoms with van der Waals surface area (Å²) in [4.78, 5) is 12.9. The molecule has 0 spiro atoms. The van der Waals surface area contributed by atoms with Crippen LogP contribution in [0.1, 0.15) is 27.4 Å². The van der Waals surface area contributed by atoms with Crippen molar-refractivity contribution in [3.05, 3.63) is 108 Å². The van der Waals surface area contributed by atoms with Gasteiger partial charge in [-0.15, -0.1) is 0 Å². The molecule has 23 heavy (non-hydrogen) atoms. The zero-order valence-electron chi connectivity index (χ0n) is 12.6. The third-order valence-corrected chi connectivity index (χ3v) is 4.87. The van der Waals surface area contributed by atoms with E-state index in [9.17, 15) is 4.79 Å². The Morgan fingerprint density at radius 3 is 1.35 bits per heavy atom. The normalized spacial score (nSPS) is 12.1. The van der Waals surface area contributed by atoms with Crippen molar-refractivity contribution >= 4 is 21.7 Å². The summed E-state index contributed by atoms with van der Waals surface area (Å²) >= 11 is 3.60. The van der Waals surface area contributed by atoms with Gasteiger partial charge in [-0.2, -0.15) is 0 Å². The van der Waals surface area contributed by atoms with Gasteiger partial charge in [0.1, 0.15) is 0 Å². The molecule has 1 nitrogen and oxygen atoms in total. The van der Waals surface area contributed by atoms with Gasteiger partial charge < -0.3 is 0 Å². The van der Waals surface area contributed by atoms with Crippen molar-refractivity contribution < 1.29 is 4.79 Å². The van der Waals surface area contributed by atoms with Gasteiger partial charge in [0.05, 0.1) is 10.7 Å². The highest BCUT2D eigenvalue weighted by molar-refractivity contribution is 9.09. The van der Waals surface area contributed by atoms with Crippen molar-refractivity contribution in [2.45, 2.75) is 10.7 Å². The molecule has 0 aliphatic rings. The number of Topliss-reactive ketones (excluding diaryl/α,β-unsaturated/α-hetero) is 1. The zero-order chi connectivity index (χ0) is 16.1. The summed E-state index contributed by atoms with van der Waals surface area (Å²) in [5.74, 6) is -0.129. The number of carbonyl (C=O) groups excluding carboxylic acids is 1. The minimum Gasteiger partial charge on any atom is -0.297 e. The van der Waals surface area contributed by atoms with Gasteiger partial charge in [-0.3, -0.25) is 4.79 Å². The SMILES string of the molecule is O=C(C(Br)c1ccccc1)C(c1ccccc1)c1ccccc1. The van der Waals surface area contributed by atoms with Gasteiger partial charge in [0.25, 0.3) is 0 Å². The molecule has 1 unspecified atom stereocenters. The van der Waals surface area contributed by atoms with E-state index in [1.54, 1.807) is 0 Å². The molecule has 0 amide bonds. The van der Waals surface area contributed by atoms with E-state index in [2.05, 4.69) is 15.9 Å². The molecule has 0 aromatic heterocycles. The lowest BCUT2D eigenvalue weighted by Gasteiger charge is -2.20. The number of benzene rings is 3. The van der Waals surface area contributed by atoms with E-state index >= 15 is 0 Å². The van der Waals surface area contributed by atoms with Crippen LogP contribution in [0, 0.1) is 0 Å². The highest BCUT2D eigenvalue weighted by atomic mass is 79.9. The van der Waals surface area contributed by atoms with Crippen LogP contribution in [0.4, 0.5) is 0 Å². The lowest BCUT2D eigenvalue weighted by molar-refractivity contribution is -0.119. The van der Waals surface area contributed by atoms with Crippen molar-refractivity contribution in [3.63, 3.8) is 0 Å². The molecule has 3 aromatic carbocycles. The standard InChI is InChI=1S/C21H17BrO/c22-20(18-14-8-3-9-15-18)21(23)19(16-10-4-1-5-11-16)17-12-6-2-7-13-17/h1-15,19-20H. The van der Waals surface area contributed by atoms with Crippen molar-refractivity contribution in [2.24, 2.45) is 0 Å². The van der Waals surface area contributed by atoms with Gasteiger partial charge in [0, 0.05) is 0 Å². The molecule has 2 heteroatoms. The van der Waals surface area contributed by atoms with Crippen molar-refractivity contribution in [1.29, 1.82) is 0 Å².